The average molecular weight is 322 g/mol. The van der Waals surface area contributed by atoms with Crippen LogP contribution in [-0.4, -0.2) is 60.1 Å². The van der Waals surface area contributed by atoms with Gasteiger partial charge in [0.15, 0.2) is 13.2 Å². The standard InChI is InChI=1S/C15H15FN2O5/c16-10-1-3-12(4-2-10)22-8-13(19)17-6-5-11(7-17)18-14(20)9-23-15(18)21/h1-4,11H,5-9H2/t11-/m0/s1. The smallest absolute Gasteiger partial charge is 0.417 e. The molecule has 8 heteroatoms. The van der Waals surface area contributed by atoms with Crippen LogP contribution in [0.25, 0.3) is 0 Å². The Balaban J connectivity index is 1.52. The van der Waals surface area contributed by atoms with Crippen molar-refractivity contribution in [3.05, 3.63) is 30.1 Å². The first kappa shape index (κ1) is 15.3. The van der Waals surface area contributed by atoms with E-state index in [1.807, 2.05) is 0 Å². The summed E-state index contributed by atoms with van der Waals surface area (Å²) in [6, 6.07) is 5.02. The van der Waals surface area contributed by atoms with Crippen molar-refractivity contribution in [2.24, 2.45) is 0 Å². The summed E-state index contributed by atoms with van der Waals surface area (Å²) in [4.78, 5) is 37.8. The number of cyclic esters (lactones) is 1. The molecule has 0 aliphatic carbocycles. The van der Waals surface area contributed by atoms with Crippen molar-refractivity contribution in [3.63, 3.8) is 0 Å². The number of hydrogen-bond acceptors (Lipinski definition) is 5. The molecule has 0 N–H and O–H groups in total. The van der Waals surface area contributed by atoms with Crippen LogP contribution in [0.3, 0.4) is 0 Å². The topological polar surface area (TPSA) is 76.2 Å². The van der Waals surface area contributed by atoms with Gasteiger partial charge in [-0.25, -0.2) is 14.1 Å². The van der Waals surface area contributed by atoms with Crippen LogP contribution in [0, 0.1) is 5.82 Å². The summed E-state index contributed by atoms with van der Waals surface area (Å²) >= 11 is 0. The maximum atomic E-state index is 12.8. The molecule has 3 rings (SSSR count). The van der Waals surface area contributed by atoms with Gasteiger partial charge in [0, 0.05) is 13.1 Å². The Kier molecular flexibility index (Phi) is 4.14. The van der Waals surface area contributed by atoms with Crippen molar-refractivity contribution in [2.75, 3.05) is 26.3 Å². The van der Waals surface area contributed by atoms with E-state index in [9.17, 15) is 18.8 Å². The number of carbonyl (C=O) groups is 3. The number of imide groups is 1. The second-order valence-electron chi connectivity index (χ2n) is 5.34. The zero-order valence-electron chi connectivity index (χ0n) is 12.2. The molecule has 2 aliphatic heterocycles. The highest BCUT2D eigenvalue weighted by Crippen LogP contribution is 2.20. The average Bonchev–Trinajstić information content (AvgIpc) is 3.13. The number of nitrogens with zero attached hydrogens (tertiary/aromatic N) is 2. The van der Waals surface area contributed by atoms with Crippen LogP contribution in [0.1, 0.15) is 6.42 Å². The number of likely N-dealkylation sites (tertiary alicyclic amines) is 1. The van der Waals surface area contributed by atoms with Crippen molar-refractivity contribution >= 4 is 17.9 Å². The summed E-state index contributed by atoms with van der Waals surface area (Å²) < 4.78 is 22.8. The molecule has 2 fully saturated rings. The Morgan fingerprint density at radius 1 is 1.30 bits per heavy atom. The van der Waals surface area contributed by atoms with E-state index in [-0.39, 0.29) is 43.4 Å². The third-order valence-electron chi connectivity index (χ3n) is 3.84. The van der Waals surface area contributed by atoms with Gasteiger partial charge in [0.25, 0.3) is 11.8 Å². The molecule has 7 nitrogen and oxygen atoms in total. The lowest BCUT2D eigenvalue weighted by atomic mass is 10.2. The molecule has 0 bridgehead atoms. The molecule has 23 heavy (non-hydrogen) atoms. The maximum absolute atomic E-state index is 12.8. The fourth-order valence-corrected chi connectivity index (χ4v) is 2.66. The van der Waals surface area contributed by atoms with Crippen molar-refractivity contribution in [3.8, 4) is 5.75 Å². The predicted molar refractivity (Wildman–Crippen MR) is 75.1 cm³/mol. The molecule has 2 aliphatic rings. The van der Waals surface area contributed by atoms with E-state index in [2.05, 4.69) is 4.74 Å². The van der Waals surface area contributed by atoms with Crippen molar-refractivity contribution in [2.45, 2.75) is 12.5 Å². The minimum absolute atomic E-state index is 0.184. The van der Waals surface area contributed by atoms with Gasteiger partial charge in [-0.1, -0.05) is 0 Å². The fourth-order valence-electron chi connectivity index (χ4n) is 2.66. The SMILES string of the molecule is O=C(COc1ccc(F)cc1)N1CC[C@H](N2C(=O)COC2=O)C1. The monoisotopic (exact) mass is 322 g/mol. The second kappa shape index (κ2) is 6.23. The fraction of sp³-hybridized carbons (Fsp3) is 0.400. The first-order chi connectivity index (χ1) is 11.0. The van der Waals surface area contributed by atoms with Gasteiger partial charge in [0.05, 0.1) is 6.04 Å². The summed E-state index contributed by atoms with van der Waals surface area (Å²) in [6.45, 7) is 0.285. The third kappa shape index (κ3) is 3.25. The Labute approximate surface area is 131 Å². The lowest BCUT2D eigenvalue weighted by Gasteiger charge is -2.20. The summed E-state index contributed by atoms with van der Waals surface area (Å²) in [7, 11) is 0. The first-order valence-electron chi connectivity index (χ1n) is 7.19. The highest BCUT2D eigenvalue weighted by atomic mass is 19.1. The van der Waals surface area contributed by atoms with Crippen LogP contribution in [0.5, 0.6) is 5.75 Å². The number of carbonyl (C=O) groups excluding carboxylic acids is 3. The number of rotatable bonds is 4. The summed E-state index contributed by atoms with van der Waals surface area (Å²) in [6.07, 6.45) is -0.139. The Morgan fingerprint density at radius 2 is 2.04 bits per heavy atom. The molecule has 1 aromatic rings. The number of hydrogen-bond donors (Lipinski definition) is 0. The highest BCUT2D eigenvalue weighted by Gasteiger charge is 2.41. The van der Waals surface area contributed by atoms with Gasteiger partial charge < -0.3 is 14.4 Å². The van der Waals surface area contributed by atoms with Gasteiger partial charge in [-0.05, 0) is 30.7 Å². The quantitative estimate of drug-likeness (QED) is 0.819. The highest BCUT2D eigenvalue weighted by molar-refractivity contribution is 5.98. The van der Waals surface area contributed by atoms with Crippen molar-refractivity contribution in [1.29, 1.82) is 0 Å². The van der Waals surface area contributed by atoms with E-state index in [1.165, 1.54) is 29.2 Å². The molecule has 3 amide bonds. The van der Waals surface area contributed by atoms with Gasteiger partial charge in [0.1, 0.15) is 11.6 Å². The molecule has 2 saturated heterocycles. The summed E-state index contributed by atoms with van der Waals surface area (Å²) in [5.41, 5.74) is 0. The molecule has 122 valence electrons. The lowest BCUT2D eigenvalue weighted by Crippen LogP contribution is -2.42. The number of benzene rings is 1. The van der Waals surface area contributed by atoms with Gasteiger partial charge in [0.2, 0.25) is 0 Å². The molecule has 0 unspecified atom stereocenters. The van der Waals surface area contributed by atoms with Gasteiger partial charge >= 0.3 is 6.09 Å². The minimum atomic E-state index is -0.656. The maximum Gasteiger partial charge on any atom is 0.417 e. The Hall–Kier alpha value is -2.64. The molecular formula is C15H15FN2O5. The largest absolute Gasteiger partial charge is 0.484 e. The summed E-state index contributed by atoms with van der Waals surface area (Å²) in [5.74, 6) is -0.615. The number of halogens is 1. The molecule has 0 spiro atoms. The van der Waals surface area contributed by atoms with E-state index in [0.29, 0.717) is 18.7 Å². The van der Waals surface area contributed by atoms with Crippen molar-refractivity contribution in [1.82, 2.24) is 9.80 Å². The number of ether oxygens (including phenoxy) is 2. The van der Waals surface area contributed by atoms with Crippen LogP contribution >= 0.6 is 0 Å². The van der Waals surface area contributed by atoms with Gasteiger partial charge in [-0.3, -0.25) is 9.59 Å². The zero-order chi connectivity index (χ0) is 16.4. The van der Waals surface area contributed by atoms with Gasteiger partial charge in [-0.15, -0.1) is 0 Å². The Bertz CT molecular complexity index is 617. The van der Waals surface area contributed by atoms with Gasteiger partial charge in [-0.2, -0.15) is 0 Å². The third-order valence-corrected chi connectivity index (χ3v) is 3.84. The molecule has 0 saturated carbocycles. The second-order valence-corrected chi connectivity index (χ2v) is 5.34. The van der Waals surface area contributed by atoms with Crippen LogP contribution in [-0.2, 0) is 14.3 Å². The van der Waals surface area contributed by atoms with Crippen LogP contribution in [0.2, 0.25) is 0 Å². The molecule has 2 heterocycles. The van der Waals surface area contributed by atoms with E-state index in [1.54, 1.807) is 0 Å². The molecule has 1 aromatic carbocycles. The van der Waals surface area contributed by atoms with E-state index < -0.39 is 6.09 Å². The molecule has 1 atom stereocenters. The lowest BCUT2D eigenvalue weighted by molar-refractivity contribution is -0.133. The van der Waals surface area contributed by atoms with Crippen LogP contribution in [0.4, 0.5) is 9.18 Å². The normalized spacial score (nSPS) is 20.8. The van der Waals surface area contributed by atoms with E-state index in [0.717, 1.165) is 4.90 Å². The van der Waals surface area contributed by atoms with Crippen molar-refractivity contribution < 1.29 is 28.2 Å². The summed E-state index contributed by atoms with van der Waals surface area (Å²) in [5, 5.41) is 0. The molecular weight excluding hydrogens is 307 g/mol. The predicted octanol–water partition coefficient (Wildman–Crippen LogP) is 0.784. The molecule has 0 aromatic heterocycles. The molecule has 0 radical (unpaired) electrons. The van der Waals surface area contributed by atoms with E-state index in [4.69, 9.17) is 4.74 Å². The van der Waals surface area contributed by atoms with E-state index >= 15 is 0 Å². The Morgan fingerprint density at radius 3 is 2.70 bits per heavy atom. The van der Waals surface area contributed by atoms with Crippen LogP contribution < -0.4 is 4.74 Å². The zero-order valence-corrected chi connectivity index (χ0v) is 12.2. The first-order valence-corrected chi connectivity index (χ1v) is 7.19. The minimum Gasteiger partial charge on any atom is -0.484 e. The number of amides is 3. The van der Waals surface area contributed by atoms with Crippen LogP contribution in [0.15, 0.2) is 24.3 Å².